The molecular weight excluding hydrogens is 287 g/mol. The first kappa shape index (κ1) is 14.2. The van der Waals surface area contributed by atoms with E-state index < -0.39 is 0 Å². The maximum absolute atomic E-state index is 14.5. The quantitative estimate of drug-likeness (QED) is 0.913. The van der Waals surface area contributed by atoms with Crippen LogP contribution < -0.4 is 10.6 Å². The second kappa shape index (κ2) is 5.95. The largest absolute Gasteiger partial charge is 0.323 e. The molecule has 0 aliphatic carbocycles. The SMILES string of the molecule is CC(C(=O)Nc1ccc2c(c1F)CCNC2)c1cccs1. The smallest absolute Gasteiger partial charge is 0.232 e. The topological polar surface area (TPSA) is 41.1 Å². The van der Waals surface area contributed by atoms with Crippen LogP contribution >= 0.6 is 11.3 Å². The summed E-state index contributed by atoms with van der Waals surface area (Å²) in [6.07, 6.45) is 0.658. The van der Waals surface area contributed by atoms with Crippen LogP contribution in [0.3, 0.4) is 0 Å². The summed E-state index contributed by atoms with van der Waals surface area (Å²) in [5, 5.41) is 7.87. The number of hydrogen-bond donors (Lipinski definition) is 2. The van der Waals surface area contributed by atoms with Gasteiger partial charge in [0.25, 0.3) is 0 Å². The summed E-state index contributed by atoms with van der Waals surface area (Å²) in [5.74, 6) is -0.743. The van der Waals surface area contributed by atoms with Crippen molar-refractivity contribution in [3.8, 4) is 0 Å². The fraction of sp³-hybridized carbons (Fsp3) is 0.312. The van der Waals surface area contributed by atoms with Gasteiger partial charge < -0.3 is 10.6 Å². The van der Waals surface area contributed by atoms with Crippen LogP contribution in [0.4, 0.5) is 10.1 Å². The minimum atomic E-state index is -0.291. The first-order valence-corrected chi connectivity index (χ1v) is 7.90. The van der Waals surface area contributed by atoms with Crippen molar-refractivity contribution < 1.29 is 9.18 Å². The summed E-state index contributed by atoms with van der Waals surface area (Å²) < 4.78 is 14.5. The van der Waals surface area contributed by atoms with E-state index in [1.807, 2.05) is 30.5 Å². The van der Waals surface area contributed by atoms with Gasteiger partial charge in [-0.2, -0.15) is 0 Å². The molecule has 0 spiro atoms. The van der Waals surface area contributed by atoms with Gasteiger partial charge in [-0.3, -0.25) is 4.79 Å². The number of carbonyl (C=O) groups is 1. The van der Waals surface area contributed by atoms with E-state index in [1.165, 1.54) is 11.3 Å². The summed E-state index contributed by atoms with van der Waals surface area (Å²) >= 11 is 1.53. The lowest BCUT2D eigenvalue weighted by atomic mass is 9.99. The standard InChI is InChI=1S/C16H17FN2OS/c1-10(14-3-2-8-21-14)16(20)19-13-5-4-11-9-18-7-6-12(11)15(13)17/h2-5,8,10,18H,6-7,9H2,1H3,(H,19,20). The molecular formula is C16H17FN2OS. The van der Waals surface area contributed by atoms with Crippen LogP contribution in [0.5, 0.6) is 0 Å². The number of rotatable bonds is 3. The summed E-state index contributed by atoms with van der Waals surface area (Å²) in [4.78, 5) is 13.2. The van der Waals surface area contributed by atoms with E-state index >= 15 is 0 Å². The Kier molecular flexibility index (Phi) is 4.03. The van der Waals surface area contributed by atoms with Gasteiger partial charge in [-0.25, -0.2) is 4.39 Å². The third-order valence-corrected chi connectivity index (χ3v) is 4.88. The van der Waals surface area contributed by atoms with Crippen molar-refractivity contribution in [1.29, 1.82) is 0 Å². The van der Waals surface area contributed by atoms with E-state index in [2.05, 4.69) is 10.6 Å². The van der Waals surface area contributed by atoms with Crippen LogP contribution in [-0.2, 0) is 17.8 Å². The number of halogens is 1. The number of carbonyl (C=O) groups excluding carboxylic acids is 1. The predicted molar refractivity (Wildman–Crippen MR) is 83.2 cm³/mol. The molecule has 1 unspecified atom stereocenters. The molecule has 2 heterocycles. The number of amides is 1. The van der Waals surface area contributed by atoms with E-state index in [9.17, 15) is 9.18 Å². The van der Waals surface area contributed by atoms with Crippen molar-refractivity contribution in [3.05, 3.63) is 51.5 Å². The molecule has 21 heavy (non-hydrogen) atoms. The Morgan fingerprint density at radius 2 is 2.29 bits per heavy atom. The van der Waals surface area contributed by atoms with Crippen LogP contribution in [0, 0.1) is 5.82 Å². The number of hydrogen-bond acceptors (Lipinski definition) is 3. The third-order valence-electron chi connectivity index (χ3n) is 3.83. The lowest BCUT2D eigenvalue weighted by Gasteiger charge is -2.20. The molecule has 0 fully saturated rings. The zero-order chi connectivity index (χ0) is 14.8. The van der Waals surface area contributed by atoms with E-state index in [-0.39, 0.29) is 23.3 Å². The number of thiophene rings is 1. The van der Waals surface area contributed by atoms with Gasteiger partial charge in [0, 0.05) is 11.4 Å². The van der Waals surface area contributed by atoms with Crippen LogP contribution in [0.25, 0.3) is 0 Å². The van der Waals surface area contributed by atoms with Gasteiger partial charge in [0.1, 0.15) is 5.82 Å². The molecule has 1 aromatic heterocycles. The second-order valence-corrected chi connectivity index (χ2v) is 6.20. The summed E-state index contributed by atoms with van der Waals surface area (Å²) in [7, 11) is 0. The maximum atomic E-state index is 14.5. The van der Waals surface area contributed by atoms with Gasteiger partial charge in [0.05, 0.1) is 11.6 Å². The Morgan fingerprint density at radius 1 is 1.43 bits per heavy atom. The Balaban J connectivity index is 1.80. The van der Waals surface area contributed by atoms with Gasteiger partial charge >= 0.3 is 0 Å². The molecule has 1 aliphatic rings. The third kappa shape index (κ3) is 2.84. The molecule has 0 radical (unpaired) electrons. The van der Waals surface area contributed by atoms with E-state index in [1.54, 1.807) is 6.07 Å². The lowest BCUT2D eigenvalue weighted by molar-refractivity contribution is -0.117. The molecule has 1 aliphatic heterocycles. The first-order valence-electron chi connectivity index (χ1n) is 7.02. The second-order valence-electron chi connectivity index (χ2n) is 5.22. The molecule has 5 heteroatoms. The maximum Gasteiger partial charge on any atom is 0.232 e. The lowest BCUT2D eigenvalue weighted by Crippen LogP contribution is -2.25. The Morgan fingerprint density at radius 3 is 3.05 bits per heavy atom. The Labute approximate surface area is 127 Å². The average molecular weight is 304 g/mol. The highest BCUT2D eigenvalue weighted by atomic mass is 32.1. The Bertz CT molecular complexity index is 655. The van der Waals surface area contributed by atoms with E-state index in [0.29, 0.717) is 13.0 Å². The monoisotopic (exact) mass is 304 g/mol. The molecule has 110 valence electrons. The molecule has 1 aromatic carbocycles. The normalized spacial score (nSPS) is 15.3. The summed E-state index contributed by atoms with van der Waals surface area (Å²) in [5.41, 5.74) is 1.97. The average Bonchev–Trinajstić information content (AvgIpc) is 3.04. The van der Waals surface area contributed by atoms with Crippen molar-refractivity contribution >= 4 is 22.9 Å². The van der Waals surface area contributed by atoms with Gasteiger partial charge in [0.15, 0.2) is 0 Å². The van der Waals surface area contributed by atoms with Gasteiger partial charge in [-0.1, -0.05) is 12.1 Å². The molecule has 1 atom stereocenters. The molecule has 0 saturated heterocycles. The van der Waals surface area contributed by atoms with Crippen LogP contribution in [0.2, 0.25) is 0 Å². The van der Waals surface area contributed by atoms with Gasteiger partial charge in [-0.15, -0.1) is 11.3 Å². The highest BCUT2D eigenvalue weighted by Gasteiger charge is 2.20. The molecule has 2 N–H and O–H groups in total. The van der Waals surface area contributed by atoms with E-state index in [4.69, 9.17) is 0 Å². The molecule has 1 amide bonds. The summed E-state index contributed by atoms with van der Waals surface area (Å²) in [6.45, 7) is 3.29. The van der Waals surface area contributed by atoms with Crippen LogP contribution in [-0.4, -0.2) is 12.5 Å². The first-order chi connectivity index (χ1) is 10.2. The molecule has 2 aromatic rings. The fourth-order valence-corrected chi connectivity index (χ4v) is 3.32. The number of anilines is 1. The molecule has 3 rings (SSSR count). The van der Waals surface area contributed by atoms with Crippen molar-refractivity contribution in [2.75, 3.05) is 11.9 Å². The molecule has 3 nitrogen and oxygen atoms in total. The van der Waals surface area contributed by atoms with Crippen LogP contribution in [0.15, 0.2) is 29.6 Å². The van der Waals surface area contributed by atoms with Gasteiger partial charge in [-0.05, 0) is 48.5 Å². The van der Waals surface area contributed by atoms with Gasteiger partial charge in [0.2, 0.25) is 5.91 Å². The predicted octanol–water partition coefficient (Wildman–Crippen LogP) is 3.28. The highest BCUT2D eigenvalue weighted by Crippen LogP contribution is 2.27. The minimum Gasteiger partial charge on any atom is -0.323 e. The highest BCUT2D eigenvalue weighted by molar-refractivity contribution is 7.10. The minimum absolute atomic E-state index is 0.176. The van der Waals surface area contributed by atoms with Crippen molar-refractivity contribution in [3.63, 3.8) is 0 Å². The van der Waals surface area contributed by atoms with Crippen molar-refractivity contribution in [2.45, 2.75) is 25.8 Å². The molecule has 0 saturated carbocycles. The van der Waals surface area contributed by atoms with Crippen LogP contribution in [0.1, 0.15) is 28.8 Å². The zero-order valence-corrected chi connectivity index (χ0v) is 12.6. The number of fused-ring (bicyclic) bond motifs is 1. The number of nitrogens with one attached hydrogen (secondary N) is 2. The molecule has 0 bridgehead atoms. The van der Waals surface area contributed by atoms with E-state index in [0.717, 1.165) is 22.5 Å². The van der Waals surface area contributed by atoms with Crippen molar-refractivity contribution in [1.82, 2.24) is 5.32 Å². The fourth-order valence-electron chi connectivity index (χ4n) is 2.54. The zero-order valence-electron chi connectivity index (χ0n) is 11.8. The van der Waals surface area contributed by atoms with Crippen molar-refractivity contribution in [2.24, 2.45) is 0 Å². The Hall–Kier alpha value is -1.72. The number of benzene rings is 1. The summed E-state index contributed by atoms with van der Waals surface area (Å²) in [6, 6.07) is 7.37.